The van der Waals surface area contributed by atoms with Gasteiger partial charge < -0.3 is 10.0 Å². The summed E-state index contributed by atoms with van der Waals surface area (Å²) in [6.07, 6.45) is 0. The van der Waals surface area contributed by atoms with Crippen molar-refractivity contribution in [3.63, 3.8) is 0 Å². The van der Waals surface area contributed by atoms with E-state index in [-0.39, 0.29) is 6.61 Å². The number of nitrogens with zero attached hydrogens (tertiary/aromatic N) is 2. The summed E-state index contributed by atoms with van der Waals surface area (Å²) in [6.45, 7) is 4.86. The van der Waals surface area contributed by atoms with E-state index in [1.807, 2.05) is 12.1 Å². The third-order valence-corrected chi connectivity index (χ3v) is 3.03. The molecule has 0 unspecified atom stereocenters. The van der Waals surface area contributed by atoms with Gasteiger partial charge in [0.25, 0.3) is 0 Å². The predicted molar refractivity (Wildman–Crippen MR) is 68.4 cm³/mol. The highest BCUT2D eigenvalue weighted by molar-refractivity contribution is 9.10. The Balaban J connectivity index is 3.03. The fourth-order valence-corrected chi connectivity index (χ4v) is 2.02. The van der Waals surface area contributed by atoms with Gasteiger partial charge in [-0.3, -0.25) is 0 Å². The van der Waals surface area contributed by atoms with Crippen molar-refractivity contribution in [1.29, 1.82) is 5.26 Å². The van der Waals surface area contributed by atoms with Crippen LogP contribution in [0.3, 0.4) is 0 Å². The maximum absolute atomic E-state index is 9.01. The van der Waals surface area contributed by atoms with Crippen molar-refractivity contribution in [1.82, 2.24) is 0 Å². The average molecular weight is 283 g/mol. The van der Waals surface area contributed by atoms with E-state index in [0.29, 0.717) is 18.2 Å². The lowest BCUT2D eigenvalue weighted by Crippen LogP contribution is -2.33. The molecular formula is C12H15BrN2O. The van der Waals surface area contributed by atoms with Gasteiger partial charge in [-0.2, -0.15) is 5.26 Å². The number of halogens is 1. The largest absolute Gasteiger partial charge is 0.395 e. The van der Waals surface area contributed by atoms with Gasteiger partial charge in [0.05, 0.1) is 12.2 Å². The van der Waals surface area contributed by atoms with Crippen LogP contribution in [0.2, 0.25) is 0 Å². The molecule has 86 valence electrons. The van der Waals surface area contributed by atoms with Gasteiger partial charge in [0.15, 0.2) is 0 Å². The first-order chi connectivity index (χ1) is 7.60. The molecule has 4 heteroatoms. The van der Waals surface area contributed by atoms with Crippen molar-refractivity contribution in [2.24, 2.45) is 0 Å². The van der Waals surface area contributed by atoms with Gasteiger partial charge in [-0.25, -0.2) is 0 Å². The van der Waals surface area contributed by atoms with Crippen LogP contribution in [-0.4, -0.2) is 24.3 Å². The summed E-state index contributed by atoms with van der Waals surface area (Å²) in [7, 11) is 0. The van der Waals surface area contributed by atoms with Gasteiger partial charge in [0, 0.05) is 22.7 Å². The van der Waals surface area contributed by atoms with E-state index in [1.165, 1.54) is 0 Å². The quantitative estimate of drug-likeness (QED) is 0.923. The van der Waals surface area contributed by atoms with E-state index in [1.54, 1.807) is 6.07 Å². The van der Waals surface area contributed by atoms with Crippen molar-refractivity contribution in [2.45, 2.75) is 19.9 Å². The normalized spacial score (nSPS) is 10.2. The molecule has 0 amide bonds. The van der Waals surface area contributed by atoms with Gasteiger partial charge in [0.1, 0.15) is 6.07 Å². The molecule has 0 heterocycles. The highest BCUT2D eigenvalue weighted by Gasteiger charge is 2.11. The fourth-order valence-electron chi connectivity index (χ4n) is 1.57. The summed E-state index contributed by atoms with van der Waals surface area (Å²) in [5.74, 6) is 0. The summed E-state index contributed by atoms with van der Waals surface area (Å²) in [6, 6.07) is 8.02. The lowest BCUT2D eigenvalue weighted by molar-refractivity contribution is 0.299. The Hall–Kier alpha value is -1.05. The molecule has 0 atom stereocenters. The molecule has 0 bridgehead atoms. The standard InChI is InChI=1S/C12H15BrN2O/c1-9(2)15(5-6-16)11-4-3-10(8-14)12(13)7-11/h3-4,7,9,16H,5-6H2,1-2H3. The summed E-state index contributed by atoms with van der Waals surface area (Å²) >= 11 is 3.36. The van der Waals surface area contributed by atoms with Crippen LogP contribution in [0.25, 0.3) is 0 Å². The van der Waals surface area contributed by atoms with Crippen LogP contribution >= 0.6 is 15.9 Å². The van der Waals surface area contributed by atoms with Crippen LogP contribution in [0.1, 0.15) is 19.4 Å². The van der Waals surface area contributed by atoms with Crippen molar-refractivity contribution < 1.29 is 5.11 Å². The molecule has 0 aromatic heterocycles. The van der Waals surface area contributed by atoms with E-state index < -0.39 is 0 Å². The molecule has 0 aliphatic heterocycles. The first-order valence-corrected chi connectivity index (χ1v) is 5.96. The molecule has 1 N–H and O–H groups in total. The molecule has 0 fully saturated rings. The molecule has 0 radical (unpaired) electrons. The maximum atomic E-state index is 9.01. The van der Waals surface area contributed by atoms with Gasteiger partial charge >= 0.3 is 0 Å². The second-order valence-electron chi connectivity index (χ2n) is 3.79. The van der Waals surface area contributed by atoms with E-state index in [0.717, 1.165) is 10.2 Å². The van der Waals surface area contributed by atoms with E-state index in [2.05, 4.69) is 40.7 Å². The summed E-state index contributed by atoms with van der Waals surface area (Å²) < 4.78 is 0.788. The van der Waals surface area contributed by atoms with Gasteiger partial charge in [-0.15, -0.1) is 0 Å². The molecular weight excluding hydrogens is 268 g/mol. The van der Waals surface area contributed by atoms with Gasteiger partial charge in [0.2, 0.25) is 0 Å². The SMILES string of the molecule is CC(C)N(CCO)c1ccc(C#N)c(Br)c1. The zero-order valence-corrected chi connectivity index (χ0v) is 11.0. The molecule has 16 heavy (non-hydrogen) atoms. The molecule has 0 saturated carbocycles. The van der Waals surface area contributed by atoms with Crippen molar-refractivity contribution in [2.75, 3.05) is 18.1 Å². The second kappa shape index (κ2) is 5.88. The minimum Gasteiger partial charge on any atom is -0.395 e. The number of anilines is 1. The monoisotopic (exact) mass is 282 g/mol. The molecule has 0 saturated heterocycles. The lowest BCUT2D eigenvalue weighted by atomic mass is 10.2. The van der Waals surface area contributed by atoms with Crippen molar-refractivity contribution in [3.05, 3.63) is 28.2 Å². The van der Waals surface area contributed by atoms with Crippen LogP contribution in [0.4, 0.5) is 5.69 Å². The zero-order valence-electron chi connectivity index (χ0n) is 9.44. The Kier molecular flexibility index (Phi) is 4.78. The average Bonchev–Trinajstić information content (AvgIpc) is 2.25. The van der Waals surface area contributed by atoms with E-state index >= 15 is 0 Å². The maximum Gasteiger partial charge on any atom is 0.100 e. The predicted octanol–water partition coefficient (Wildman–Crippen LogP) is 2.53. The molecule has 3 nitrogen and oxygen atoms in total. The van der Waals surface area contributed by atoms with Gasteiger partial charge in [-0.05, 0) is 48.0 Å². The molecule has 1 rings (SSSR count). The Bertz CT molecular complexity index is 398. The number of rotatable bonds is 4. The number of nitriles is 1. The third-order valence-electron chi connectivity index (χ3n) is 2.37. The summed E-state index contributed by atoms with van der Waals surface area (Å²) in [5, 5.41) is 17.8. The minimum atomic E-state index is 0.121. The van der Waals surface area contributed by atoms with E-state index in [9.17, 15) is 0 Å². The molecule has 0 spiro atoms. The highest BCUT2D eigenvalue weighted by Crippen LogP contribution is 2.24. The Morgan fingerprint density at radius 1 is 1.50 bits per heavy atom. The molecule has 0 aliphatic rings. The smallest absolute Gasteiger partial charge is 0.100 e. The van der Waals surface area contributed by atoms with Crippen molar-refractivity contribution in [3.8, 4) is 6.07 Å². The molecule has 1 aromatic carbocycles. The first kappa shape index (κ1) is 13.0. The topological polar surface area (TPSA) is 47.3 Å². The number of benzene rings is 1. The lowest BCUT2D eigenvalue weighted by Gasteiger charge is -2.28. The van der Waals surface area contributed by atoms with Crippen LogP contribution in [0.5, 0.6) is 0 Å². The van der Waals surface area contributed by atoms with Crippen molar-refractivity contribution >= 4 is 21.6 Å². The summed E-state index contributed by atoms with van der Waals surface area (Å²) in [4.78, 5) is 2.09. The number of hydrogen-bond donors (Lipinski definition) is 1. The third kappa shape index (κ3) is 2.97. The van der Waals surface area contributed by atoms with Crippen LogP contribution in [0.15, 0.2) is 22.7 Å². The van der Waals surface area contributed by atoms with Crippen LogP contribution in [0, 0.1) is 11.3 Å². The Labute approximate surface area is 104 Å². The molecule has 0 aliphatic carbocycles. The second-order valence-corrected chi connectivity index (χ2v) is 4.64. The Morgan fingerprint density at radius 3 is 2.62 bits per heavy atom. The minimum absolute atomic E-state index is 0.121. The fraction of sp³-hybridized carbons (Fsp3) is 0.417. The van der Waals surface area contributed by atoms with Crippen LogP contribution in [-0.2, 0) is 0 Å². The first-order valence-electron chi connectivity index (χ1n) is 5.17. The molecule has 1 aromatic rings. The van der Waals surface area contributed by atoms with E-state index in [4.69, 9.17) is 10.4 Å². The number of hydrogen-bond acceptors (Lipinski definition) is 3. The van der Waals surface area contributed by atoms with Gasteiger partial charge in [-0.1, -0.05) is 0 Å². The van der Waals surface area contributed by atoms with Crippen LogP contribution < -0.4 is 4.90 Å². The Morgan fingerprint density at radius 2 is 2.19 bits per heavy atom. The summed E-state index contributed by atoms with van der Waals surface area (Å²) in [5.41, 5.74) is 1.63. The highest BCUT2D eigenvalue weighted by atomic mass is 79.9. The zero-order chi connectivity index (χ0) is 12.1. The number of aliphatic hydroxyl groups is 1. The number of aliphatic hydroxyl groups excluding tert-OH is 1.